The largest absolute Gasteiger partial charge is 0.401 e. The molecule has 2 aliphatic rings. The Kier molecular flexibility index (Phi) is 8.26. The van der Waals surface area contributed by atoms with Crippen LogP contribution in [0.4, 0.5) is 10.3 Å². The molecule has 9 heteroatoms. The molecule has 8 nitrogen and oxygen atoms in total. The predicted molar refractivity (Wildman–Crippen MR) is 148 cm³/mol. The fraction of sp³-hybridized carbons (Fsp3) is 0.433. The molecule has 1 aromatic heterocycles. The van der Waals surface area contributed by atoms with Gasteiger partial charge in [-0.2, -0.15) is 0 Å². The Morgan fingerprint density at radius 1 is 1.00 bits per heavy atom. The molecule has 2 aromatic carbocycles. The number of aryl methyl sites for hydroxylation is 1. The van der Waals surface area contributed by atoms with Crippen molar-refractivity contribution in [3.63, 3.8) is 0 Å². The lowest BCUT2D eigenvalue weighted by Crippen LogP contribution is -2.44. The van der Waals surface area contributed by atoms with Gasteiger partial charge in [0.25, 0.3) is 5.91 Å². The average Bonchev–Trinajstić information content (AvgIpc) is 3.36. The van der Waals surface area contributed by atoms with Crippen molar-refractivity contribution in [1.82, 2.24) is 14.9 Å². The molecular formula is C30H36FN5O3. The van der Waals surface area contributed by atoms with Gasteiger partial charge < -0.3 is 20.7 Å². The maximum atomic E-state index is 13.5. The first kappa shape index (κ1) is 26.9. The molecule has 1 saturated carbocycles. The molecule has 0 radical (unpaired) electrons. The maximum absolute atomic E-state index is 13.5. The zero-order valence-corrected chi connectivity index (χ0v) is 22.0. The number of carbonyl (C=O) groups is 2. The van der Waals surface area contributed by atoms with E-state index in [4.69, 9.17) is 5.73 Å². The summed E-state index contributed by atoms with van der Waals surface area (Å²) < 4.78 is 13.4. The SMILES string of the molecule is N/C(=C(/CCc1ccc(F)cc1)C(=O)Nc1nc2ccccc2[nH]1)C1CCN(C(=O)C2CCC(O)CC2)CC1. The fourth-order valence-electron chi connectivity index (χ4n) is 5.74. The number of likely N-dealkylation sites (tertiary alicyclic amines) is 1. The Hall–Kier alpha value is -3.72. The number of anilines is 1. The number of nitrogens with two attached hydrogens (primary N) is 1. The normalized spacial score (nSPS) is 21.0. The average molecular weight is 534 g/mol. The summed E-state index contributed by atoms with van der Waals surface area (Å²) in [7, 11) is 0. The van der Waals surface area contributed by atoms with Gasteiger partial charge in [-0.15, -0.1) is 0 Å². The Labute approximate surface area is 227 Å². The topological polar surface area (TPSA) is 124 Å². The highest BCUT2D eigenvalue weighted by molar-refractivity contribution is 6.04. The lowest BCUT2D eigenvalue weighted by Gasteiger charge is -2.36. The van der Waals surface area contributed by atoms with Crippen molar-refractivity contribution in [2.24, 2.45) is 17.6 Å². The Balaban J connectivity index is 1.29. The van der Waals surface area contributed by atoms with Crippen molar-refractivity contribution in [3.8, 4) is 0 Å². The number of allylic oxidation sites excluding steroid dienone is 1. The molecule has 2 fully saturated rings. The molecule has 1 saturated heterocycles. The van der Waals surface area contributed by atoms with Crippen molar-refractivity contribution >= 4 is 28.8 Å². The van der Waals surface area contributed by atoms with E-state index in [9.17, 15) is 19.1 Å². The van der Waals surface area contributed by atoms with Crippen LogP contribution in [0, 0.1) is 17.7 Å². The number of fused-ring (bicyclic) bond motifs is 1. The van der Waals surface area contributed by atoms with Crippen LogP contribution in [-0.4, -0.2) is 51.0 Å². The highest BCUT2D eigenvalue weighted by atomic mass is 19.1. The van der Waals surface area contributed by atoms with Gasteiger partial charge in [-0.25, -0.2) is 9.37 Å². The van der Waals surface area contributed by atoms with Crippen LogP contribution >= 0.6 is 0 Å². The van der Waals surface area contributed by atoms with Crippen LogP contribution in [0.3, 0.4) is 0 Å². The number of hydrogen-bond donors (Lipinski definition) is 4. The monoisotopic (exact) mass is 533 g/mol. The number of nitrogens with zero attached hydrogens (tertiary/aromatic N) is 2. The van der Waals surface area contributed by atoms with Crippen LogP contribution < -0.4 is 11.1 Å². The van der Waals surface area contributed by atoms with Gasteiger partial charge in [0.05, 0.1) is 17.1 Å². The second-order valence-corrected chi connectivity index (χ2v) is 10.7. The minimum Gasteiger partial charge on any atom is -0.401 e. The van der Waals surface area contributed by atoms with Crippen LogP contribution in [0.5, 0.6) is 0 Å². The summed E-state index contributed by atoms with van der Waals surface area (Å²) >= 11 is 0. The summed E-state index contributed by atoms with van der Waals surface area (Å²) in [5.41, 5.74) is 10.2. The van der Waals surface area contributed by atoms with Gasteiger partial charge in [0.1, 0.15) is 5.82 Å². The third-order valence-electron chi connectivity index (χ3n) is 8.11. The van der Waals surface area contributed by atoms with Crippen molar-refractivity contribution in [3.05, 3.63) is 71.2 Å². The van der Waals surface area contributed by atoms with E-state index in [0.717, 1.165) is 29.4 Å². The molecule has 5 N–H and O–H groups in total. The maximum Gasteiger partial charge on any atom is 0.255 e. The molecule has 2 amide bonds. The van der Waals surface area contributed by atoms with Gasteiger partial charge in [0.15, 0.2) is 0 Å². The highest BCUT2D eigenvalue weighted by Crippen LogP contribution is 2.30. The van der Waals surface area contributed by atoms with E-state index < -0.39 is 0 Å². The van der Waals surface area contributed by atoms with Crippen LogP contribution in [0.1, 0.15) is 50.5 Å². The van der Waals surface area contributed by atoms with E-state index in [2.05, 4.69) is 15.3 Å². The third kappa shape index (κ3) is 6.47. The van der Waals surface area contributed by atoms with Gasteiger partial charge >= 0.3 is 0 Å². The quantitative estimate of drug-likeness (QED) is 0.338. The summed E-state index contributed by atoms with van der Waals surface area (Å²) in [6.45, 7) is 1.19. The molecule has 0 spiro atoms. The lowest BCUT2D eigenvalue weighted by molar-refractivity contribution is -0.138. The van der Waals surface area contributed by atoms with Crippen LogP contribution in [0.2, 0.25) is 0 Å². The number of piperidine rings is 1. The van der Waals surface area contributed by atoms with E-state index in [0.29, 0.717) is 68.8 Å². The number of carbonyl (C=O) groups excluding carboxylic acids is 2. The number of para-hydroxylation sites is 2. The standard InChI is InChI=1S/C30H36FN5O3/c31-22-10-5-19(6-11-22)7-14-24(28(38)35-30-33-25-3-1-2-4-26(25)34-30)27(32)20-15-17-36(18-16-20)29(39)21-8-12-23(37)13-9-21/h1-6,10-11,20-21,23,37H,7-9,12-18,32H2,(H2,33,34,35,38)/b27-24-. The van der Waals surface area contributed by atoms with Crippen LogP contribution in [0.15, 0.2) is 59.8 Å². The molecule has 0 unspecified atom stereocenters. The van der Waals surface area contributed by atoms with Crippen molar-refractivity contribution in [1.29, 1.82) is 0 Å². The van der Waals surface area contributed by atoms with Crippen molar-refractivity contribution in [2.45, 2.75) is 57.5 Å². The number of aromatic nitrogens is 2. The second-order valence-electron chi connectivity index (χ2n) is 10.7. The van der Waals surface area contributed by atoms with Crippen molar-refractivity contribution < 1.29 is 19.1 Å². The predicted octanol–water partition coefficient (Wildman–Crippen LogP) is 4.28. The lowest BCUT2D eigenvalue weighted by atomic mass is 9.85. The first-order valence-electron chi connectivity index (χ1n) is 13.8. The number of aliphatic hydroxyl groups is 1. The minimum atomic E-state index is -0.312. The summed E-state index contributed by atoms with van der Waals surface area (Å²) in [6.07, 6.45) is 4.84. The number of halogens is 1. The fourth-order valence-corrected chi connectivity index (χ4v) is 5.74. The summed E-state index contributed by atoms with van der Waals surface area (Å²) in [5, 5.41) is 12.7. The van der Waals surface area contributed by atoms with Gasteiger partial charge in [-0.1, -0.05) is 24.3 Å². The van der Waals surface area contributed by atoms with E-state index >= 15 is 0 Å². The third-order valence-corrected chi connectivity index (χ3v) is 8.11. The molecule has 0 bridgehead atoms. The Morgan fingerprint density at radius 3 is 2.38 bits per heavy atom. The number of imidazole rings is 1. The molecule has 5 rings (SSSR count). The first-order chi connectivity index (χ1) is 18.9. The molecule has 1 aliphatic heterocycles. The van der Waals surface area contributed by atoms with E-state index in [1.807, 2.05) is 29.2 Å². The van der Waals surface area contributed by atoms with Crippen LogP contribution in [0.25, 0.3) is 11.0 Å². The number of hydrogen-bond acceptors (Lipinski definition) is 5. The van der Waals surface area contributed by atoms with Crippen molar-refractivity contribution in [2.75, 3.05) is 18.4 Å². The molecule has 0 atom stereocenters. The molecule has 206 valence electrons. The number of rotatable bonds is 7. The van der Waals surface area contributed by atoms with E-state index in [1.54, 1.807) is 12.1 Å². The summed E-state index contributed by atoms with van der Waals surface area (Å²) in [6, 6.07) is 13.8. The number of benzene rings is 2. The number of nitrogens with one attached hydrogen (secondary N) is 2. The molecular weight excluding hydrogens is 497 g/mol. The van der Waals surface area contributed by atoms with Gasteiger partial charge in [0.2, 0.25) is 11.9 Å². The smallest absolute Gasteiger partial charge is 0.255 e. The number of aromatic amines is 1. The zero-order valence-electron chi connectivity index (χ0n) is 22.0. The summed E-state index contributed by atoms with van der Waals surface area (Å²) in [4.78, 5) is 36.0. The molecule has 3 aromatic rings. The second kappa shape index (κ2) is 12.0. The number of aliphatic hydroxyl groups excluding tert-OH is 1. The van der Waals surface area contributed by atoms with Gasteiger partial charge in [0, 0.05) is 36.2 Å². The highest BCUT2D eigenvalue weighted by Gasteiger charge is 2.32. The van der Waals surface area contributed by atoms with Gasteiger partial charge in [-0.05, 0) is 81.2 Å². The van der Waals surface area contributed by atoms with E-state index in [-0.39, 0.29) is 35.6 Å². The molecule has 1 aliphatic carbocycles. The molecule has 2 heterocycles. The Bertz CT molecular complexity index is 1300. The molecule has 39 heavy (non-hydrogen) atoms. The number of H-pyrrole nitrogens is 1. The zero-order chi connectivity index (χ0) is 27.4. The number of amides is 2. The Morgan fingerprint density at radius 2 is 1.69 bits per heavy atom. The van der Waals surface area contributed by atoms with Crippen LogP contribution in [-0.2, 0) is 16.0 Å². The van der Waals surface area contributed by atoms with E-state index in [1.165, 1.54) is 12.1 Å². The summed E-state index contributed by atoms with van der Waals surface area (Å²) in [5.74, 6) is -0.130. The first-order valence-corrected chi connectivity index (χ1v) is 13.8. The van der Waals surface area contributed by atoms with Gasteiger partial charge in [-0.3, -0.25) is 14.9 Å². The minimum absolute atomic E-state index is 0.0151.